The van der Waals surface area contributed by atoms with E-state index in [0.717, 1.165) is 16.8 Å². The fourth-order valence-electron chi connectivity index (χ4n) is 2.51. The summed E-state index contributed by atoms with van der Waals surface area (Å²) in [6.07, 6.45) is 0.334. The molecule has 3 rings (SSSR count). The summed E-state index contributed by atoms with van der Waals surface area (Å²) in [5, 5.41) is 8.01. The van der Waals surface area contributed by atoms with Gasteiger partial charge in [0, 0.05) is 16.8 Å². The van der Waals surface area contributed by atoms with Gasteiger partial charge < -0.3 is 5.32 Å². The predicted octanol–water partition coefficient (Wildman–Crippen LogP) is 4.07. The topological polar surface area (TPSA) is 46.9 Å². The van der Waals surface area contributed by atoms with Crippen LogP contribution in [0.2, 0.25) is 5.02 Å². The summed E-state index contributed by atoms with van der Waals surface area (Å²) in [6.45, 7) is 2.57. The molecule has 1 heterocycles. The second kappa shape index (κ2) is 7.32. The van der Waals surface area contributed by atoms with Crippen LogP contribution in [0.1, 0.15) is 16.8 Å². The Morgan fingerprint density at radius 3 is 2.58 bits per heavy atom. The van der Waals surface area contributed by atoms with Gasteiger partial charge in [0.2, 0.25) is 5.91 Å². The first-order valence-electron chi connectivity index (χ1n) is 7.73. The average molecular weight is 340 g/mol. The molecule has 3 aromatic rings. The summed E-state index contributed by atoms with van der Waals surface area (Å²) < 4.78 is 1.85. The Labute approximate surface area is 146 Å². The molecule has 0 atom stereocenters. The summed E-state index contributed by atoms with van der Waals surface area (Å²) in [7, 11) is 0. The maximum atomic E-state index is 12.1. The molecule has 0 aliphatic carbocycles. The van der Waals surface area contributed by atoms with Gasteiger partial charge in [-0.25, -0.2) is 0 Å². The van der Waals surface area contributed by atoms with E-state index in [1.807, 2.05) is 72.3 Å². The van der Waals surface area contributed by atoms with E-state index in [2.05, 4.69) is 10.4 Å². The maximum Gasteiger partial charge on any atom is 0.229 e. The molecule has 0 spiro atoms. The molecule has 2 aromatic carbocycles. The fourth-order valence-corrected chi connectivity index (χ4v) is 2.72. The van der Waals surface area contributed by atoms with Crippen molar-refractivity contribution in [3.63, 3.8) is 0 Å². The summed E-state index contributed by atoms with van der Waals surface area (Å²) >= 11 is 6.02. The number of hydrogen-bond donors (Lipinski definition) is 1. The van der Waals surface area contributed by atoms with Crippen molar-refractivity contribution in [3.8, 4) is 0 Å². The normalized spacial score (nSPS) is 10.6. The molecular weight excluding hydrogens is 322 g/mol. The highest BCUT2D eigenvalue weighted by molar-refractivity contribution is 6.30. The minimum Gasteiger partial charge on any atom is -0.309 e. The standard InChI is InChI=1S/C19H18ClN3O/c1-14-10-18(21-19(24)12-15-6-3-2-4-7-15)22-23(14)13-16-8-5-9-17(20)11-16/h2-11H,12-13H2,1H3,(H,21,22,24). The van der Waals surface area contributed by atoms with Gasteiger partial charge in [0.25, 0.3) is 0 Å². The van der Waals surface area contributed by atoms with Crippen LogP contribution >= 0.6 is 11.6 Å². The zero-order chi connectivity index (χ0) is 16.9. The summed E-state index contributed by atoms with van der Waals surface area (Å²) in [4.78, 5) is 12.1. The Bertz CT molecular complexity index is 843. The molecule has 0 fully saturated rings. The van der Waals surface area contributed by atoms with Gasteiger partial charge in [-0.3, -0.25) is 9.48 Å². The summed E-state index contributed by atoms with van der Waals surface area (Å²) in [5.41, 5.74) is 3.02. The van der Waals surface area contributed by atoms with Crippen LogP contribution < -0.4 is 5.32 Å². The van der Waals surface area contributed by atoms with Gasteiger partial charge in [-0.15, -0.1) is 0 Å². The lowest BCUT2D eigenvalue weighted by atomic mass is 10.1. The van der Waals surface area contributed by atoms with Crippen molar-refractivity contribution in [3.05, 3.63) is 82.5 Å². The van der Waals surface area contributed by atoms with E-state index >= 15 is 0 Å². The van der Waals surface area contributed by atoms with E-state index in [9.17, 15) is 4.79 Å². The van der Waals surface area contributed by atoms with Crippen molar-refractivity contribution in [1.82, 2.24) is 9.78 Å². The molecule has 24 heavy (non-hydrogen) atoms. The van der Waals surface area contributed by atoms with Crippen LogP contribution in [-0.4, -0.2) is 15.7 Å². The van der Waals surface area contributed by atoms with Crippen LogP contribution in [0.25, 0.3) is 0 Å². The van der Waals surface area contributed by atoms with Crippen LogP contribution in [0, 0.1) is 6.92 Å². The molecule has 1 N–H and O–H groups in total. The Morgan fingerprint density at radius 2 is 1.83 bits per heavy atom. The highest BCUT2D eigenvalue weighted by atomic mass is 35.5. The number of halogens is 1. The molecule has 1 aromatic heterocycles. The van der Waals surface area contributed by atoms with Gasteiger partial charge >= 0.3 is 0 Å². The molecule has 1 amide bonds. The van der Waals surface area contributed by atoms with E-state index in [0.29, 0.717) is 23.8 Å². The zero-order valence-corrected chi connectivity index (χ0v) is 14.1. The van der Waals surface area contributed by atoms with E-state index in [4.69, 9.17) is 11.6 Å². The van der Waals surface area contributed by atoms with Crippen LogP contribution in [-0.2, 0) is 17.8 Å². The molecular formula is C19H18ClN3O. The van der Waals surface area contributed by atoms with E-state index in [1.54, 1.807) is 0 Å². The summed E-state index contributed by atoms with van der Waals surface area (Å²) in [6, 6.07) is 19.2. The maximum absolute atomic E-state index is 12.1. The van der Waals surface area contributed by atoms with Gasteiger partial charge in [-0.2, -0.15) is 5.10 Å². The monoisotopic (exact) mass is 339 g/mol. The Balaban J connectivity index is 1.66. The highest BCUT2D eigenvalue weighted by Crippen LogP contribution is 2.15. The van der Waals surface area contributed by atoms with Crippen molar-refractivity contribution in [2.75, 3.05) is 5.32 Å². The number of benzene rings is 2. The predicted molar refractivity (Wildman–Crippen MR) is 96.3 cm³/mol. The number of carbonyl (C=O) groups excluding carboxylic acids is 1. The average Bonchev–Trinajstić information content (AvgIpc) is 2.87. The fraction of sp³-hybridized carbons (Fsp3) is 0.158. The van der Waals surface area contributed by atoms with Gasteiger partial charge in [0.05, 0.1) is 13.0 Å². The SMILES string of the molecule is Cc1cc(NC(=O)Cc2ccccc2)nn1Cc1cccc(Cl)c1. The van der Waals surface area contributed by atoms with Crippen molar-refractivity contribution in [1.29, 1.82) is 0 Å². The van der Waals surface area contributed by atoms with Gasteiger partial charge in [0.15, 0.2) is 5.82 Å². The van der Waals surface area contributed by atoms with E-state index in [-0.39, 0.29) is 5.91 Å². The lowest BCUT2D eigenvalue weighted by molar-refractivity contribution is -0.115. The molecule has 0 radical (unpaired) electrons. The number of aromatic nitrogens is 2. The third kappa shape index (κ3) is 4.24. The lowest BCUT2D eigenvalue weighted by Crippen LogP contribution is -2.15. The molecule has 0 bridgehead atoms. The van der Waals surface area contributed by atoms with E-state index < -0.39 is 0 Å². The number of rotatable bonds is 5. The molecule has 0 saturated heterocycles. The molecule has 0 unspecified atom stereocenters. The van der Waals surface area contributed by atoms with Crippen LogP contribution in [0.3, 0.4) is 0 Å². The lowest BCUT2D eigenvalue weighted by Gasteiger charge is -2.05. The van der Waals surface area contributed by atoms with Gasteiger partial charge in [-0.05, 0) is 30.2 Å². The minimum absolute atomic E-state index is 0.0754. The van der Waals surface area contributed by atoms with Crippen molar-refractivity contribution in [2.45, 2.75) is 19.9 Å². The number of hydrogen-bond acceptors (Lipinski definition) is 2. The third-order valence-electron chi connectivity index (χ3n) is 3.68. The first-order valence-corrected chi connectivity index (χ1v) is 8.10. The quantitative estimate of drug-likeness (QED) is 0.761. The number of nitrogens with zero attached hydrogens (tertiary/aromatic N) is 2. The second-order valence-corrected chi connectivity index (χ2v) is 6.11. The molecule has 5 heteroatoms. The number of anilines is 1. The number of nitrogens with one attached hydrogen (secondary N) is 1. The third-order valence-corrected chi connectivity index (χ3v) is 3.91. The molecule has 0 aliphatic rings. The van der Waals surface area contributed by atoms with Gasteiger partial charge in [-0.1, -0.05) is 54.1 Å². The zero-order valence-electron chi connectivity index (χ0n) is 13.4. The molecule has 4 nitrogen and oxygen atoms in total. The molecule has 122 valence electrons. The number of aryl methyl sites for hydroxylation is 1. The van der Waals surface area contributed by atoms with Crippen LogP contribution in [0.15, 0.2) is 60.7 Å². The number of amides is 1. The van der Waals surface area contributed by atoms with E-state index in [1.165, 1.54) is 0 Å². The molecule has 0 saturated carbocycles. The first kappa shape index (κ1) is 16.3. The van der Waals surface area contributed by atoms with Crippen LogP contribution in [0.4, 0.5) is 5.82 Å². The Morgan fingerprint density at radius 1 is 1.08 bits per heavy atom. The Kier molecular flexibility index (Phi) is 4.96. The minimum atomic E-state index is -0.0754. The Hall–Kier alpha value is -2.59. The molecule has 0 aliphatic heterocycles. The summed E-state index contributed by atoms with van der Waals surface area (Å²) in [5.74, 6) is 0.490. The van der Waals surface area contributed by atoms with Crippen molar-refractivity contribution in [2.24, 2.45) is 0 Å². The first-order chi connectivity index (χ1) is 11.6. The second-order valence-electron chi connectivity index (χ2n) is 5.67. The van der Waals surface area contributed by atoms with Crippen LogP contribution in [0.5, 0.6) is 0 Å². The largest absolute Gasteiger partial charge is 0.309 e. The highest BCUT2D eigenvalue weighted by Gasteiger charge is 2.09. The van der Waals surface area contributed by atoms with Gasteiger partial charge in [0.1, 0.15) is 0 Å². The van der Waals surface area contributed by atoms with Crippen molar-refractivity contribution >= 4 is 23.3 Å². The van der Waals surface area contributed by atoms with Crippen molar-refractivity contribution < 1.29 is 4.79 Å². The number of carbonyl (C=O) groups is 1. The smallest absolute Gasteiger partial charge is 0.229 e.